The summed E-state index contributed by atoms with van der Waals surface area (Å²) < 4.78 is 25.1. The Morgan fingerprint density at radius 2 is 1.94 bits per heavy atom. The molecule has 0 saturated heterocycles. The maximum absolute atomic E-state index is 11.8. The summed E-state index contributed by atoms with van der Waals surface area (Å²) in [7, 11) is -3.21. The zero-order chi connectivity index (χ0) is 12.2. The van der Waals surface area contributed by atoms with Crippen LogP contribution >= 0.6 is 0 Å². The minimum absolute atomic E-state index is 0.455. The first-order valence-electron chi connectivity index (χ1n) is 5.47. The average Bonchev–Trinajstić information content (AvgIpc) is 2.65. The van der Waals surface area contributed by atoms with Gasteiger partial charge in [0.25, 0.3) is 0 Å². The van der Waals surface area contributed by atoms with E-state index >= 15 is 0 Å². The van der Waals surface area contributed by atoms with Crippen LogP contribution in [0.2, 0.25) is 0 Å². The SMILES string of the molecule is Cc1ccc2cccc3c2c1N(S(C)(=O)=O)C3. The molecule has 0 aliphatic carbocycles. The molecule has 1 aliphatic heterocycles. The maximum Gasteiger partial charge on any atom is 0.232 e. The zero-order valence-corrected chi connectivity index (χ0v) is 10.6. The molecule has 3 nitrogen and oxygen atoms in total. The van der Waals surface area contributed by atoms with Crippen LogP contribution in [-0.2, 0) is 16.6 Å². The van der Waals surface area contributed by atoms with Gasteiger partial charge in [0.2, 0.25) is 10.0 Å². The number of hydrogen-bond donors (Lipinski definition) is 0. The van der Waals surface area contributed by atoms with Crippen LogP contribution in [0.1, 0.15) is 11.1 Å². The molecular weight excluding hydrogens is 234 g/mol. The first-order chi connectivity index (χ1) is 7.98. The third kappa shape index (κ3) is 1.44. The number of sulfonamides is 1. The van der Waals surface area contributed by atoms with Crippen molar-refractivity contribution in [2.24, 2.45) is 0 Å². The van der Waals surface area contributed by atoms with Crippen molar-refractivity contribution < 1.29 is 8.42 Å². The first-order valence-corrected chi connectivity index (χ1v) is 7.32. The van der Waals surface area contributed by atoms with Gasteiger partial charge in [-0.1, -0.05) is 30.3 Å². The average molecular weight is 247 g/mol. The molecule has 0 N–H and O–H groups in total. The molecule has 2 aromatic rings. The van der Waals surface area contributed by atoms with Crippen LogP contribution in [0.4, 0.5) is 5.69 Å². The molecule has 0 amide bonds. The van der Waals surface area contributed by atoms with E-state index in [0.717, 1.165) is 27.6 Å². The molecule has 2 aromatic carbocycles. The summed E-state index contributed by atoms with van der Waals surface area (Å²) in [6, 6.07) is 10.0. The molecule has 0 radical (unpaired) electrons. The highest BCUT2D eigenvalue weighted by atomic mass is 32.2. The van der Waals surface area contributed by atoms with Gasteiger partial charge in [-0.05, 0) is 23.4 Å². The van der Waals surface area contributed by atoms with Crippen LogP contribution in [-0.4, -0.2) is 14.7 Å². The second-order valence-electron chi connectivity index (χ2n) is 4.52. The van der Waals surface area contributed by atoms with Crippen molar-refractivity contribution >= 4 is 26.5 Å². The summed E-state index contributed by atoms with van der Waals surface area (Å²) in [5, 5.41) is 2.19. The topological polar surface area (TPSA) is 37.4 Å². The summed E-state index contributed by atoms with van der Waals surface area (Å²) in [6.45, 7) is 2.41. The maximum atomic E-state index is 11.8. The van der Waals surface area contributed by atoms with E-state index in [-0.39, 0.29) is 0 Å². The fourth-order valence-electron chi connectivity index (χ4n) is 2.51. The van der Waals surface area contributed by atoms with Crippen molar-refractivity contribution in [1.82, 2.24) is 0 Å². The number of aryl methyl sites for hydroxylation is 1. The van der Waals surface area contributed by atoms with Crippen molar-refractivity contribution in [3.05, 3.63) is 41.5 Å². The van der Waals surface area contributed by atoms with E-state index in [0.29, 0.717) is 6.54 Å². The van der Waals surface area contributed by atoms with Crippen LogP contribution in [0.5, 0.6) is 0 Å². The lowest BCUT2D eigenvalue weighted by molar-refractivity contribution is 0.597. The largest absolute Gasteiger partial charge is 0.265 e. The predicted molar refractivity (Wildman–Crippen MR) is 69.7 cm³/mol. The van der Waals surface area contributed by atoms with E-state index in [2.05, 4.69) is 0 Å². The van der Waals surface area contributed by atoms with E-state index in [1.54, 1.807) is 0 Å². The fourth-order valence-corrected chi connectivity index (χ4v) is 3.45. The molecule has 0 saturated carbocycles. The highest BCUT2D eigenvalue weighted by Crippen LogP contribution is 2.40. The Bertz CT molecular complexity index is 720. The van der Waals surface area contributed by atoms with Crippen LogP contribution in [0.25, 0.3) is 10.8 Å². The number of nitrogens with zero attached hydrogens (tertiary/aromatic N) is 1. The molecule has 3 rings (SSSR count). The van der Waals surface area contributed by atoms with Crippen LogP contribution in [0, 0.1) is 6.92 Å². The molecule has 1 aliphatic rings. The summed E-state index contributed by atoms with van der Waals surface area (Å²) in [6.07, 6.45) is 1.26. The monoisotopic (exact) mass is 247 g/mol. The third-order valence-corrected chi connectivity index (χ3v) is 4.38. The lowest BCUT2D eigenvalue weighted by Crippen LogP contribution is -2.26. The molecule has 0 unspecified atom stereocenters. The predicted octanol–water partition coefficient (Wildman–Crippen LogP) is 2.43. The van der Waals surface area contributed by atoms with E-state index in [1.165, 1.54) is 10.6 Å². The van der Waals surface area contributed by atoms with E-state index in [4.69, 9.17) is 0 Å². The molecule has 0 bridgehead atoms. The van der Waals surface area contributed by atoms with Gasteiger partial charge in [0.15, 0.2) is 0 Å². The minimum Gasteiger partial charge on any atom is -0.265 e. The van der Waals surface area contributed by atoms with Crippen LogP contribution in [0.3, 0.4) is 0 Å². The second kappa shape index (κ2) is 3.23. The highest BCUT2D eigenvalue weighted by molar-refractivity contribution is 7.92. The Labute approximate surface area is 101 Å². The summed E-state index contributed by atoms with van der Waals surface area (Å²) in [5.41, 5.74) is 2.94. The molecule has 4 heteroatoms. The van der Waals surface area contributed by atoms with Crippen molar-refractivity contribution in [2.45, 2.75) is 13.5 Å². The Hall–Kier alpha value is -1.55. The van der Waals surface area contributed by atoms with Gasteiger partial charge < -0.3 is 0 Å². The fraction of sp³-hybridized carbons (Fsp3) is 0.231. The molecule has 0 spiro atoms. The van der Waals surface area contributed by atoms with Gasteiger partial charge >= 0.3 is 0 Å². The van der Waals surface area contributed by atoms with E-state index < -0.39 is 10.0 Å². The molecule has 1 heterocycles. The van der Waals surface area contributed by atoms with E-state index in [9.17, 15) is 8.42 Å². The molecule has 0 fully saturated rings. The molecule has 0 aromatic heterocycles. The van der Waals surface area contributed by atoms with Crippen LogP contribution in [0.15, 0.2) is 30.3 Å². The number of rotatable bonds is 1. The lowest BCUT2D eigenvalue weighted by Gasteiger charge is -2.18. The Morgan fingerprint density at radius 1 is 1.18 bits per heavy atom. The third-order valence-electron chi connectivity index (χ3n) is 3.27. The Balaban J connectivity index is 2.43. The zero-order valence-electron chi connectivity index (χ0n) is 9.77. The lowest BCUT2D eigenvalue weighted by atomic mass is 10.0. The van der Waals surface area contributed by atoms with E-state index in [1.807, 2.05) is 37.3 Å². The number of hydrogen-bond acceptors (Lipinski definition) is 2. The Kier molecular flexibility index (Phi) is 2.01. The van der Waals surface area contributed by atoms with Gasteiger partial charge in [0.1, 0.15) is 0 Å². The first kappa shape index (κ1) is 10.6. The van der Waals surface area contributed by atoms with Gasteiger partial charge in [0, 0.05) is 5.39 Å². The van der Waals surface area contributed by atoms with Crippen molar-refractivity contribution in [3.8, 4) is 0 Å². The molecular formula is C13H13NO2S. The van der Waals surface area contributed by atoms with Crippen molar-refractivity contribution in [3.63, 3.8) is 0 Å². The summed E-state index contributed by atoms with van der Waals surface area (Å²) in [5.74, 6) is 0. The normalized spacial score (nSPS) is 14.6. The van der Waals surface area contributed by atoms with Gasteiger partial charge in [-0.15, -0.1) is 0 Å². The summed E-state index contributed by atoms with van der Waals surface area (Å²) in [4.78, 5) is 0. The quantitative estimate of drug-likeness (QED) is 0.776. The number of anilines is 1. The smallest absolute Gasteiger partial charge is 0.232 e. The summed E-state index contributed by atoms with van der Waals surface area (Å²) >= 11 is 0. The molecule has 17 heavy (non-hydrogen) atoms. The molecule has 88 valence electrons. The standard InChI is InChI=1S/C13H13NO2S/c1-9-6-7-10-4-3-5-11-8-14(17(2,15)16)13(9)12(10)11/h3-7H,8H2,1-2H3. The Morgan fingerprint density at radius 3 is 2.65 bits per heavy atom. The number of benzene rings is 2. The van der Waals surface area contributed by atoms with Crippen LogP contribution < -0.4 is 4.31 Å². The van der Waals surface area contributed by atoms with Crippen molar-refractivity contribution in [2.75, 3.05) is 10.6 Å². The second-order valence-corrected chi connectivity index (χ2v) is 6.42. The van der Waals surface area contributed by atoms with Gasteiger partial charge in [-0.3, -0.25) is 4.31 Å². The van der Waals surface area contributed by atoms with Gasteiger partial charge in [-0.2, -0.15) is 0 Å². The molecule has 0 atom stereocenters. The van der Waals surface area contributed by atoms with Crippen molar-refractivity contribution in [1.29, 1.82) is 0 Å². The minimum atomic E-state index is -3.21. The van der Waals surface area contributed by atoms with Gasteiger partial charge in [-0.25, -0.2) is 8.42 Å². The highest BCUT2D eigenvalue weighted by Gasteiger charge is 2.28. The van der Waals surface area contributed by atoms with Gasteiger partial charge in [0.05, 0.1) is 18.5 Å².